The third-order valence-electron chi connectivity index (χ3n) is 3.91. The van der Waals surface area contributed by atoms with E-state index in [1.807, 2.05) is 6.92 Å². The lowest BCUT2D eigenvalue weighted by Crippen LogP contribution is -2.17. The van der Waals surface area contributed by atoms with Crippen LogP contribution in [0.4, 0.5) is 13.2 Å². The number of para-hydroxylation sites is 1. The Kier molecular flexibility index (Phi) is 4.89. The summed E-state index contributed by atoms with van der Waals surface area (Å²) in [6.45, 7) is 1.90. The number of halogens is 3. The summed E-state index contributed by atoms with van der Waals surface area (Å²) in [4.78, 5) is 11.4. The molecule has 8 heteroatoms. The molecule has 2 aromatic carbocycles. The first kappa shape index (κ1) is 18.5. The van der Waals surface area contributed by atoms with Gasteiger partial charge in [0.15, 0.2) is 5.69 Å². The Morgan fingerprint density at radius 2 is 1.89 bits per heavy atom. The molecule has 0 aliphatic carbocycles. The second kappa shape index (κ2) is 7.14. The number of hydrogen-bond donors (Lipinski definition) is 1. The van der Waals surface area contributed by atoms with Gasteiger partial charge >= 0.3 is 6.36 Å². The molecule has 0 bridgehead atoms. The van der Waals surface area contributed by atoms with Crippen LogP contribution >= 0.6 is 0 Å². The predicted octanol–water partition coefficient (Wildman–Crippen LogP) is 4.10. The van der Waals surface area contributed by atoms with Crippen LogP contribution < -0.4 is 10.5 Å². The van der Waals surface area contributed by atoms with Crippen molar-refractivity contribution in [1.29, 1.82) is 0 Å². The second-order valence-electron chi connectivity index (χ2n) is 5.74. The largest absolute Gasteiger partial charge is 0.573 e. The Labute approximate surface area is 153 Å². The van der Waals surface area contributed by atoms with Gasteiger partial charge in [-0.2, -0.15) is 5.10 Å². The van der Waals surface area contributed by atoms with E-state index in [-0.39, 0.29) is 17.0 Å². The van der Waals surface area contributed by atoms with E-state index in [0.717, 1.165) is 5.69 Å². The maximum atomic E-state index is 12.7. The third kappa shape index (κ3) is 4.11. The highest BCUT2D eigenvalue weighted by atomic mass is 19.4. The predicted molar refractivity (Wildman–Crippen MR) is 93.6 cm³/mol. The summed E-state index contributed by atoms with van der Waals surface area (Å²) in [5.41, 5.74) is 7.57. The molecule has 1 amide bonds. The van der Waals surface area contributed by atoms with Gasteiger partial charge in [-0.3, -0.25) is 4.79 Å². The van der Waals surface area contributed by atoms with Crippen LogP contribution in [-0.2, 0) is 6.42 Å². The summed E-state index contributed by atoms with van der Waals surface area (Å²) < 4.78 is 43.7. The van der Waals surface area contributed by atoms with Crippen LogP contribution in [-0.4, -0.2) is 22.1 Å². The number of benzene rings is 2. The number of alkyl halides is 3. The smallest absolute Gasteiger partial charge is 0.405 e. The number of aromatic nitrogens is 2. The number of nitrogens with zero attached hydrogens (tertiary/aromatic N) is 2. The zero-order valence-electron chi connectivity index (χ0n) is 14.3. The molecular formula is C19H16F3N3O2. The van der Waals surface area contributed by atoms with Gasteiger partial charge in [0.25, 0.3) is 5.91 Å². The zero-order chi connectivity index (χ0) is 19.6. The van der Waals surface area contributed by atoms with Gasteiger partial charge in [-0.15, -0.1) is 13.2 Å². The van der Waals surface area contributed by atoms with E-state index < -0.39 is 12.3 Å². The lowest BCUT2D eigenvalue weighted by atomic mass is 10.0. The molecular weight excluding hydrogens is 359 g/mol. The van der Waals surface area contributed by atoms with Crippen molar-refractivity contribution in [3.05, 3.63) is 66.0 Å². The van der Waals surface area contributed by atoms with Crippen LogP contribution in [0.5, 0.6) is 5.75 Å². The van der Waals surface area contributed by atoms with E-state index in [1.165, 1.54) is 12.1 Å². The number of nitrogens with two attached hydrogens (primary N) is 1. The molecule has 0 saturated heterocycles. The van der Waals surface area contributed by atoms with Crippen LogP contribution in [0.3, 0.4) is 0 Å². The Hall–Kier alpha value is -3.29. The van der Waals surface area contributed by atoms with Gasteiger partial charge in [0.1, 0.15) is 5.75 Å². The van der Waals surface area contributed by atoms with Gasteiger partial charge < -0.3 is 10.5 Å². The van der Waals surface area contributed by atoms with Crippen molar-refractivity contribution in [2.45, 2.75) is 19.7 Å². The lowest BCUT2D eigenvalue weighted by Gasteiger charge is -2.14. The summed E-state index contributed by atoms with van der Waals surface area (Å²) in [6.07, 6.45) is -4.19. The van der Waals surface area contributed by atoms with Crippen molar-refractivity contribution in [3.8, 4) is 22.6 Å². The summed E-state index contributed by atoms with van der Waals surface area (Å²) in [6, 6.07) is 14.3. The van der Waals surface area contributed by atoms with E-state index in [9.17, 15) is 18.0 Å². The van der Waals surface area contributed by atoms with Crippen molar-refractivity contribution in [3.63, 3.8) is 0 Å². The van der Waals surface area contributed by atoms with Crippen LogP contribution in [0.1, 0.15) is 23.1 Å². The molecule has 27 heavy (non-hydrogen) atoms. The van der Waals surface area contributed by atoms with Crippen LogP contribution in [0.15, 0.2) is 54.6 Å². The highest BCUT2D eigenvalue weighted by Crippen LogP contribution is 2.34. The van der Waals surface area contributed by atoms with Gasteiger partial charge in [-0.05, 0) is 36.2 Å². The number of hydrogen-bond acceptors (Lipinski definition) is 3. The molecule has 0 atom stereocenters. The van der Waals surface area contributed by atoms with Crippen molar-refractivity contribution in [2.75, 3.05) is 0 Å². The molecule has 3 rings (SSSR count). The quantitative estimate of drug-likeness (QED) is 0.730. The number of carbonyl (C=O) groups excluding carboxylic acids is 1. The Morgan fingerprint density at radius 3 is 2.56 bits per heavy atom. The summed E-state index contributed by atoms with van der Waals surface area (Å²) in [5.74, 6) is -0.945. The van der Waals surface area contributed by atoms with E-state index in [4.69, 9.17) is 5.73 Å². The highest BCUT2D eigenvalue weighted by Gasteiger charge is 2.32. The molecule has 0 unspecified atom stereocenters. The van der Waals surface area contributed by atoms with E-state index >= 15 is 0 Å². The molecule has 2 N–H and O–H groups in total. The molecule has 0 aliphatic heterocycles. The average Bonchev–Trinajstić information content (AvgIpc) is 3.06. The van der Waals surface area contributed by atoms with Crippen molar-refractivity contribution >= 4 is 5.91 Å². The number of ether oxygens (including phenoxy) is 1. The maximum absolute atomic E-state index is 12.7. The van der Waals surface area contributed by atoms with Crippen molar-refractivity contribution < 1.29 is 22.7 Å². The maximum Gasteiger partial charge on any atom is 0.573 e. The first-order chi connectivity index (χ1) is 12.8. The molecule has 1 heterocycles. The minimum atomic E-state index is -4.79. The number of primary amides is 1. The fourth-order valence-corrected chi connectivity index (χ4v) is 2.74. The topological polar surface area (TPSA) is 70.1 Å². The average molecular weight is 375 g/mol. The summed E-state index contributed by atoms with van der Waals surface area (Å²) in [5, 5.41) is 4.20. The van der Waals surface area contributed by atoms with Gasteiger partial charge in [0.2, 0.25) is 0 Å². The first-order valence-electron chi connectivity index (χ1n) is 8.13. The fraction of sp³-hybridized carbons (Fsp3) is 0.158. The number of carbonyl (C=O) groups is 1. The van der Waals surface area contributed by atoms with E-state index in [2.05, 4.69) is 9.84 Å². The molecule has 0 aliphatic rings. The molecule has 0 radical (unpaired) electrons. The molecule has 0 fully saturated rings. The molecule has 140 valence electrons. The van der Waals surface area contributed by atoms with Gasteiger partial charge in [0, 0.05) is 11.3 Å². The monoisotopic (exact) mass is 375 g/mol. The van der Waals surface area contributed by atoms with Crippen molar-refractivity contribution in [2.24, 2.45) is 5.73 Å². The summed E-state index contributed by atoms with van der Waals surface area (Å²) >= 11 is 0. The van der Waals surface area contributed by atoms with Crippen LogP contribution in [0.25, 0.3) is 16.8 Å². The Morgan fingerprint density at radius 1 is 1.15 bits per heavy atom. The number of aryl methyl sites for hydroxylation is 1. The van der Waals surface area contributed by atoms with Gasteiger partial charge in [0.05, 0.1) is 5.69 Å². The molecule has 1 aromatic heterocycles. The number of rotatable bonds is 5. The normalized spacial score (nSPS) is 11.4. The van der Waals surface area contributed by atoms with Crippen LogP contribution in [0, 0.1) is 0 Å². The van der Waals surface area contributed by atoms with Gasteiger partial charge in [-0.1, -0.05) is 37.3 Å². The zero-order valence-corrected chi connectivity index (χ0v) is 14.3. The van der Waals surface area contributed by atoms with E-state index in [0.29, 0.717) is 17.7 Å². The molecule has 0 saturated carbocycles. The fourth-order valence-electron chi connectivity index (χ4n) is 2.74. The highest BCUT2D eigenvalue weighted by molar-refractivity contribution is 5.91. The lowest BCUT2D eigenvalue weighted by molar-refractivity contribution is -0.274. The first-order valence-corrected chi connectivity index (χ1v) is 8.13. The van der Waals surface area contributed by atoms with Crippen LogP contribution in [0.2, 0.25) is 0 Å². The Balaban J connectivity index is 2.07. The minimum absolute atomic E-state index is 0.123. The third-order valence-corrected chi connectivity index (χ3v) is 3.91. The van der Waals surface area contributed by atoms with E-state index in [1.54, 1.807) is 47.1 Å². The molecule has 3 aromatic rings. The summed E-state index contributed by atoms with van der Waals surface area (Å²) in [7, 11) is 0. The SMILES string of the molecule is CCc1cc(C(N)=O)nn1-c1cccc(-c2ccccc2OC(F)(F)F)c1. The molecule has 5 nitrogen and oxygen atoms in total. The molecule has 0 spiro atoms. The van der Waals surface area contributed by atoms with Gasteiger partial charge in [-0.25, -0.2) is 4.68 Å². The number of amides is 1. The van der Waals surface area contributed by atoms with Crippen molar-refractivity contribution in [1.82, 2.24) is 9.78 Å². The standard InChI is InChI=1S/C19H16F3N3O2/c1-2-13-11-16(18(23)26)24-25(13)14-7-5-6-12(10-14)15-8-3-4-9-17(15)27-19(20,21)22/h3-11H,2H2,1H3,(H2,23,26). The minimum Gasteiger partial charge on any atom is -0.405 e. The second-order valence-corrected chi connectivity index (χ2v) is 5.74. The Bertz CT molecular complexity index is 980.